The fourth-order valence-corrected chi connectivity index (χ4v) is 2.33. The van der Waals surface area contributed by atoms with Crippen molar-refractivity contribution in [2.75, 3.05) is 0 Å². The van der Waals surface area contributed by atoms with Crippen LogP contribution in [-0.4, -0.2) is 25.4 Å². The number of rotatable bonds is 4. The van der Waals surface area contributed by atoms with Gasteiger partial charge in [-0.25, -0.2) is 0 Å². The Morgan fingerprint density at radius 3 is 1.72 bits per heavy atom. The lowest BCUT2D eigenvalue weighted by Crippen LogP contribution is -2.07. The lowest BCUT2D eigenvalue weighted by molar-refractivity contribution is 0.241. The summed E-state index contributed by atoms with van der Waals surface area (Å²) in [4.78, 5) is 3.99. The molecule has 0 radical (unpaired) electrons. The van der Waals surface area contributed by atoms with Crippen molar-refractivity contribution >= 4 is 10.8 Å². The van der Waals surface area contributed by atoms with Gasteiger partial charge >= 0.3 is 0 Å². The second kappa shape index (κ2) is 5.41. The fourth-order valence-electron chi connectivity index (χ4n) is 2.33. The summed E-state index contributed by atoms with van der Waals surface area (Å²) in [5, 5.41) is 39.2. The van der Waals surface area contributed by atoms with Gasteiger partial charge in [-0.3, -0.25) is 4.98 Å². The molecule has 0 aliphatic rings. The van der Waals surface area contributed by atoms with Crippen LogP contribution >= 0.6 is 0 Å². The Bertz CT molecular complexity index is 518. The lowest BCUT2D eigenvalue weighted by atomic mass is 9.91. The van der Waals surface area contributed by atoms with E-state index in [2.05, 4.69) is 4.98 Å². The van der Waals surface area contributed by atoms with Crippen molar-refractivity contribution < 1.29 is 20.4 Å². The molecule has 0 unspecified atom stereocenters. The number of fused-ring (bicyclic) bond motifs is 1. The number of aliphatic hydroxyl groups is 4. The van der Waals surface area contributed by atoms with Crippen molar-refractivity contribution in [3.8, 4) is 0 Å². The molecule has 0 aliphatic carbocycles. The summed E-state index contributed by atoms with van der Waals surface area (Å²) >= 11 is 0. The average molecular weight is 249 g/mol. The Labute approximate surface area is 104 Å². The van der Waals surface area contributed by atoms with Gasteiger partial charge < -0.3 is 20.4 Å². The van der Waals surface area contributed by atoms with Crippen LogP contribution in [0.15, 0.2) is 18.5 Å². The van der Waals surface area contributed by atoms with E-state index in [1.807, 2.05) is 0 Å². The molecule has 0 saturated heterocycles. The topological polar surface area (TPSA) is 93.8 Å². The van der Waals surface area contributed by atoms with Crippen molar-refractivity contribution in [2.24, 2.45) is 0 Å². The molecule has 5 nitrogen and oxygen atoms in total. The van der Waals surface area contributed by atoms with Gasteiger partial charge in [0.05, 0.1) is 26.4 Å². The van der Waals surface area contributed by atoms with Crippen molar-refractivity contribution in [2.45, 2.75) is 26.4 Å². The van der Waals surface area contributed by atoms with E-state index in [1.54, 1.807) is 18.5 Å². The van der Waals surface area contributed by atoms with Gasteiger partial charge in [0, 0.05) is 17.8 Å². The molecule has 1 heterocycles. The molecule has 0 spiro atoms. The van der Waals surface area contributed by atoms with Crippen molar-refractivity contribution in [3.63, 3.8) is 0 Å². The standard InChI is InChI=1S/C13H15NO4/c15-4-10-8-1-2-14-3-9(8)11(5-16)13(7-18)12(10)6-17/h1-3,15-18H,4-7H2. The highest BCUT2D eigenvalue weighted by atomic mass is 16.3. The summed E-state index contributed by atoms with van der Waals surface area (Å²) in [6.07, 6.45) is 3.17. The molecule has 0 aliphatic heterocycles. The van der Waals surface area contributed by atoms with E-state index >= 15 is 0 Å². The van der Waals surface area contributed by atoms with Crippen LogP contribution < -0.4 is 0 Å². The Balaban J connectivity index is 2.94. The SMILES string of the molecule is OCc1c(CO)c(CO)c2cnccc2c1CO. The molecule has 0 bridgehead atoms. The van der Waals surface area contributed by atoms with Gasteiger partial charge in [0.25, 0.3) is 0 Å². The molecule has 2 aromatic rings. The van der Waals surface area contributed by atoms with E-state index < -0.39 is 0 Å². The molecule has 5 heteroatoms. The highest BCUT2D eigenvalue weighted by molar-refractivity contribution is 5.90. The molecule has 0 atom stereocenters. The molecular formula is C13H15NO4. The van der Waals surface area contributed by atoms with E-state index in [9.17, 15) is 20.4 Å². The molecule has 0 fully saturated rings. The zero-order valence-corrected chi connectivity index (χ0v) is 9.80. The normalized spacial score (nSPS) is 11.1. The second-order valence-corrected chi connectivity index (χ2v) is 3.97. The summed E-state index contributed by atoms with van der Waals surface area (Å²) in [6.45, 7) is -1.09. The van der Waals surface area contributed by atoms with Crippen LogP contribution in [0.3, 0.4) is 0 Å². The number of pyridine rings is 1. The van der Waals surface area contributed by atoms with E-state index in [-0.39, 0.29) is 26.4 Å². The summed E-state index contributed by atoms with van der Waals surface area (Å²) in [5.74, 6) is 0. The van der Waals surface area contributed by atoms with Gasteiger partial charge in [-0.2, -0.15) is 0 Å². The minimum Gasteiger partial charge on any atom is -0.392 e. The van der Waals surface area contributed by atoms with Gasteiger partial charge in [-0.1, -0.05) is 0 Å². The minimum atomic E-state index is -0.302. The van der Waals surface area contributed by atoms with Crippen LogP contribution in [0.25, 0.3) is 10.8 Å². The van der Waals surface area contributed by atoms with Gasteiger partial charge in [0.1, 0.15) is 0 Å². The van der Waals surface area contributed by atoms with Crippen LogP contribution in [0.2, 0.25) is 0 Å². The minimum absolute atomic E-state index is 0.241. The highest BCUT2D eigenvalue weighted by Crippen LogP contribution is 2.30. The maximum Gasteiger partial charge on any atom is 0.0692 e. The van der Waals surface area contributed by atoms with E-state index in [4.69, 9.17) is 0 Å². The van der Waals surface area contributed by atoms with Gasteiger partial charge in [0.15, 0.2) is 0 Å². The number of aromatic nitrogens is 1. The molecule has 96 valence electrons. The Hall–Kier alpha value is -1.53. The largest absolute Gasteiger partial charge is 0.392 e. The highest BCUT2D eigenvalue weighted by Gasteiger charge is 2.17. The molecule has 0 saturated carbocycles. The van der Waals surface area contributed by atoms with Gasteiger partial charge in [-0.15, -0.1) is 0 Å². The summed E-state index contributed by atoms with van der Waals surface area (Å²) in [5.41, 5.74) is 2.05. The zero-order valence-electron chi connectivity index (χ0n) is 9.80. The molecule has 0 amide bonds. The van der Waals surface area contributed by atoms with E-state index in [1.165, 1.54) is 0 Å². The first-order valence-electron chi connectivity index (χ1n) is 5.61. The molecule has 1 aromatic heterocycles. The first-order chi connectivity index (χ1) is 8.78. The monoisotopic (exact) mass is 249 g/mol. The maximum atomic E-state index is 9.46. The third-order valence-electron chi connectivity index (χ3n) is 3.20. The lowest BCUT2D eigenvalue weighted by Gasteiger charge is -2.18. The van der Waals surface area contributed by atoms with Gasteiger partial charge in [-0.05, 0) is 33.7 Å². The molecule has 4 N–H and O–H groups in total. The van der Waals surface area contributed by atoms with Crippen LogP contribution in [0.5, 0.6) is 0 Å². The smallest absolute Gasteiger partial charge is 0.0692 e. The summed E-state index contributed by atoms with van der Waals surface area (Å²) in [6, 6.07) is 1.72. The quantitative estimate of drug-likeness (QED) is 0.621. The van der Waals surface area contributed by atoms with Crippen LogP contribution in [0.1, 0.15) is 22.3 Å². The number of benzene rings is 1. The molecular weight excluding hydrogens is 234 g/mol. The maximum absolute atomic E-state index is 9.46. The second-order valence-electron chi connectivity index (χ2n) is 3.97. The third kappa shape index (κ3) is 1.87. The van der Waals surface area contributed by atoms with E-state index in [0.29, 0.717) is 27.6 Å². The predicted octanol–water partition coefficient (Wildman–Crippen LogP) is 0.204. The first kappa shape index (κ1) is 12.9. The number of hydrogen-bond donors (Lipinski definition) is 4. The van der Waals surface area contributed by atoms with Crippen molar-refractivity contribution in [1.29, 1.82) is 0 Å². The Kier molecular flexibility index (Phi) is 3.88. The summed E-state index contributed by atoms with van der Waals surface area (Å²) in [7, 11) is 0. The van der Waals surface area contributed by atoms with Gasteiger partial charge in [0.2, 0.25) is 0 Å². The number of hydrogen-bond acceptors (Lipinski definition) is 5. The molecule has 18 heavy (non-hydrogen) atoms. The Morgan fingerprint density at radius 2 is 1.22 bits per heavy atom. The van der Waals surface area contributed by atoms with E-state index in [0.717, 1.165) is 5.39 Å². The first-order valence-corrected chi connectivity index (χ1v) is 5.61. The zero-order chi connectivity index (χ0) is 13.1. The Morgan fingerprint density at radius 1 is 0.722 bits per heavy atom. The summed E-state index contributed by atoms with van der Waals surface area (Å²) < 4.78 is 0. The predicted molar refractivity (Wildman–Crippen MR) is 65.4 cm³/mol. The van der Waals surface area contributed by atoms with Crippen LogP contribution in [-0.2, 0) is 26.4 Å². The molecule has 2 rings (SSSR count). The number of nitrogens with zero attached hydrogens (tertiary/aromatic N) is 1. The van der Waals surface area contributed by atoms with Crippen LogP contribution in [0, 0.1) is 0 Å². The number of aliphatic hydroxyl groups excluding tert-OH is 4. The van der Waals surface area contributed by atoms with Crippen molar-refractivity contribution in [1.82, 2.24) is 4.98 Å². The average Bonchev–Trinajstić information content (AvgIpc) is 2.44. The molecule has 1 aromatic carbocycles. The third-order valence-corrected chi connectivity index (χ3v) is 3.20. The fraction of sp³-hybridized carbons (Fsp3) is 0.308. The van der Waals surface area contributed by atoms with Crippen molar-refractivity contribution in [3.05, 3.63) is 40.7 Å². The van der Waals surface area contributed by atoms with Crippen LogP contribution in [0.4, 0.5) is 0 Å².